The van der Waals surface area contributed by atoms with Gasteiger partial charge in [0.2, 0.25) is 0 Å². The molecule has 0 N–H and O–H groups in total. The fourth-order valence-corrected chi connectivity index (χ4v) is 2.26. The van der Waals surface area contributed by atoms with Gasteiger partial charge in [0, 0.05) is 22.3 Å². The number of halogens is 3. The van der Waals surface area contributed by atoms with Crippen LogP contribution in [0.25, 0.3) is 11.1 Å². The lowest BCUT2D eigenvalue weighted by Crippen LogP contribution is -2.14. The summed E-state index contributed by atoms with van der Waals surface area (Å²) in [6.07, 6.45) is 3.02. The molecule has 2 aromatic rings. The minimum atomic E-state index is -1.46. The van der Waals surface area contributed by atoms with Gasteiger partial charge in [-0.1, -0.05) is 30.7 Å². The minimum absolute atomic E-state index is 0.341. The van der Waals surface area contributed by atoms with Crippen LogP contribution in [0.5, 0.6) is 0 Å². The summed E-state index contributed by atoms with van der Waals surface area (Å²) < 4.78 is 27.4. The molecular formula is C15H14ClF2N. The van der Waals surface area contributed by atoms with Gasteiger partial charge in [-0.25, -0.2) is 8.78 Å². The number of pyridine rings is 1. The van der Waals surface area contributed by atoms with Crippen molar-refractivity contribution in [3.8, 4) is 11.1 Å². The third kappa shape index (κ3) is 2.92. The molecule has 1 aromatic carbocycles. The van der Waals surface area contributed by atoms with Crippen LogP contribution in [0.2, 0.25) is 5.02 Å². The summed E-state index contributed by atoms with van der Waals surface area (Å²) in [4.78, 5) is 3.79. The Balaban J connectivity index is 2.45. The second kappa shape index (κ2) is 5.25. The lowest BCUT2D eigenvalue weighted by Gasteiger charge is -2.20. The maximum atomic E-state index is 14.3. The predicted octanol–water partition coefficient (Wildman–Crippen LogP) is 5.14. The number of alkyl halides is 1. The average Bonchev–Trinajstić information content (AvgIpc) is 2.38. The lowest BCUT2D eigenvalue weighted by atomic mass is 9.93. The van der Waals surface area contributed by atoms with Crippen molar-refractivity contribution < 1.29 is 8.78 Å². The van der Waals surface area contributed by atoms with E-state index in [1.54, 1.807) is 31.3 Å². The molecule has 100 valence electrons. The van der Waals surface area contributed by atoms with Gasteiger partial charge in [-0.2, -0.15) is 0 Å². The average molecular weight is 282 g/mol. The molecule has 0 radical (unpaired) electrons. The highest BCUT2D eigenvalue weighted by Crippen LogP contribution is 2.36. The van der Waals surface area contributed by atoms with Crippen LogP contribution in [-0.4, -0.2) is 4.98 Å². The normalized spacial score (nSPS) is 14.2. The SMILES string of the molecule is CCC(C)(F)c1ccc(-c2cncc(F)c2)cc1Cl. The van der Waals surface area contributed by atoms with Crippen LogP contribution in [-0.2, 0) is 5.67 Å². The zero-order valence-corrected chi connectivity index (χ0v) is 11.5. The van der Waals surface area contributed by atoms with Crippen molar-refractivity contribution in [3.63, 3.8) is 0 Å². The van der Waals surface area contributed by atoms with E-state index in [4.69, 9.17) is 11.6 Å². The van der Waals surface area contributed by atoms with Gasteiger partial charge >= 0.3 is 0 Å². The molecule has 1 nitrogen and oxygen atoms in total. The third-order valence-corrected chi connectivity index (χ3v) is 3.55. The van der Waals surface area contributed by atoms with Crippen LogP contribution in [0, 0.1) is 5.82 Å². The molecule has 0 aliphatic heterocycles. The maximum absolute atomic E-state index is 14.3. The second-order valence-electron chi connectivity index (χ2n) is 4.64. The molecule has 4 heteroatoms. The van der Waals surface area contributed by atoms with Crippen LogP contribution >= 0.6 is 11.6 Å². The molecule has 0 bridgehead atoms. The van der Waals surface area contributed by atoms with E-state index in [0.717, 1.165) is 6.20 Å². The van der Waals surface area contributed by atoms with Crippen LogP contribution in [0.15, 0.2) is 36.7 Å². The van der Waals surface area contributed by atoms with Crippen LogP contribution < -0.4 is 0 Å². The Kier molecular flexibility index (Phi) is 3.85. The minimum Gasteiger partial charge on any atom is -0.261 e. The standard InChI is InChI=1S/C15H14ClF2N/c1-3-15(2,18)13-5-4-10(7-14(13)16)11-6-12(17)9-19-8-11/h4-9H,3H2,1-2H3. The predicted molar refractivity (Wildman–Crippen MR) is 73.4 cm³/mol. The van der Waals surface area contributed by atoms with E-state index in [-0.39, 0.29) is 0 Å². The van der Waals surface area contributed by atoms with Crippen molar-refractivity contribution in [2.45, 2.75) is 25.9 Å². The summed E-state index contributed by atoms with van der Waals surface area (Å²) in [6.45, 7) is 3.26. The number of hydrogen-bond acceptors (Lipinski definition) is 1. The Labute approximate surface area is 116 Å². The first-order chi connectivity index (χ1) is 8.94. The van der Waals surface area contributed by atoms with Crippen molar-refractivity contribution in [2.75, 3.05) is 0 Å². The van der Waals surface area contributed by atoms with Crippen molar-refractivity contribution in [3.05, 3.63) is 53.1 Å². The summed E-state index contributed by atoms with van der Waals surface area (Å²) in [6, 6.07) is 6.38. The molecule has 1 aromatic heterocycles. The van der Waals surface area contributed by atoms with Crippen molar-refractivity contribution in [2.24, 2.45) is 0 Å². The Morgan fingerprint density at radius 1 is 1.21 bits per heavy atom. The van der Waals surface area contributed by atoms with Gasteiger partial charge in [0.25, 0.3) is 0 Å². The van der Waals surface area contributed by atoms with Crippen molar-refractivity contribution in [1.82, 2.24) is 4.98 Å². The van der Waals surface area contributed by atoms with Gasteiger partial charge in [-0.3, -0.25) is 4.98 Å². The third-order valence-electron chi connectivity index (χ3n) is 3.23. The Hall–Kier alpha value is -1.48. The molecule has 1 atom stereocenters. The smallest absolute Gasteiger partial charge is 0.142 e. The number of hydrogen-bond donors (Lipinski definition) is 0. The van der Waals surface area contributed by atoms with Crippen LogP contribution in [0.4, 0.5) is 8.78 Å². The number of benzene rings is 1. The highest BCUT2D eigenvalue weighted by molar-refractivity contribution is 6.31. The molecule has 0 amide bonds. The number of rotatable bonds is 3. The summed E-state index contributed by atoms with van der Waals surface area (Å²) >= 11 is 6.13. The van der Waals surface area contributed by atoms with Crippen molar-refractivity contribution >= 4 is 11.6 Å². The Morgan fingerprint density at radius 3 is 2.53 bits per heavy atom. The molecular weight excluding hydrogens is 268 g/mol. The summed E-state index contributed by atoms with van der Waals surface area (Å²) in [5.74, 6) is -0.415. The van der Waals surface area contributed by atoms with Crippen LogP contribution in [0.3, 0.4) is 0 Å². The van der Waals surface area contributed by atoms with Gasteiger partial charge in [0.1, 0.15) is 11.5 Å². The fourth-order valence-electron chi connectivity index (χ4n) is 1.88. The zero-order valence-electron chi connectivity index (χ0n) is 10.8. The molecule has 1 heterocycles. The first-order valence-electron chi connectivity index (χ1n) is 6.04. The van der Waals surface area contributed by atoms with Gasteiger partial charge in [0.05, 0.1) is 6.20 Å². The molecule has 0 saturated carbocycles. The molecule has 0 spiro atoms. The van der Waals surface area contributed by atoms with Gasteiger partial charge in [-0.05, 0) is 31.0 Å². The second-order valence-corrected chi connectivity index (χ2v) is 5.04. The number of aromatic nitrogens is 1. The van der Waals surface area contributed by atoms with Crippen LogP contribution in [0.1, 0.15) is 25.8 Å². The van der Waals surface area contributed by atoms with E-state index in [1.165, 1.54) is 13.0 Å². The largest absolute Gasteiger partial charge is 0.261 e. The summed E-state index contributed by atoms with van der Waals surface area (Å²) in [5, 5.41) is 0.341. The van der Waals surface area contributed by atoms with E-state index in [2.05, 4.69) is 4.98 Å². The fraction of sp³-hybridized carbons (Fsp3) is 0.267. The molecule has 2 rings (SSSR count). The van der Waals surface area contributed by atoms with E-state index in [1.807, 2.05) is 0 Å². The molecule has 0 fully saturated rings. The zero-order chi connectivity index (χ0) is 14.0. The van der Waals surface area contributed by atoms with Crippen molar-refractivity contribution in [1.29, 1.82) is 0 Å². The quantitative estimate of drug-likeness (QED) is 0.759. The Morgan fingerprint density at radius 2 is 1.95 bits per heavy atom. The van der Waals surface area contributed by atoms with Gasteiger partial charge in [0.15, 0.2) is 0 Å². The first kappa shape index (κ1) is 13.9. The molecule has 1 unspecified atom stereocenters. The first-order valence-corrected chi connectivity index (χ1v) is 6.41. The summed E-state index contributed by atoms with van der Waals surface area (Å²) in [5.41, 5.74) is 0.318. The summed E-state index contributed by atoms with van der Waals surface area (Å²) in [7, 11) is 0. The molecule has 0 aliphatic rings. The van der Waals surface area contributed by atoms with E-state index in [0.29, 0.717) is 28.1 Å². The van der Waals surface area contributed by atoms with E-state index >= 15 is 0 Å². The number of nitrogens with zero attached hydrogens (tertiary/aromatic N) is 1. The van der Waals surface area contributed by atoms with Gasteiger partial charge < -0.3 is 0 Å². The molecule has 0 aliphatic carbocycles. The maximum Gasteiger partial charge on any atom is 0.142 e. The van der Waals surface area contributed by atoms with Gasteiger partial charge in [-0.15, -0.1) is 0 Å². The topological polar surface area (TPSA) is 12.9 Å². The Bertz CT molecular complexity index is 596. The monoisotopic (exact) mass is 281 g/mol. The molecule has 0 saturated heterocycles. The molecule has 19 heavy (non-hydrogen) atoms. The lowest BCUT2D eigenvalue weighted by molar-refractivity contribution is 0.185. The van der Waals surface area contributed by atoms with E-state index in [9.17, 15) is 8.78 Å². The highest BCUT2D eigenvalue weighted by atomic mass is 35.5. The highest BCUT2D eigenvalue weighted by Gasteiger charge is 2.26. The van der Waals surface area contributed by atoms with E-state index < -0.39 is 11.5 Å².